The number of carbonyl (C=O) groups excluding carboxylic acids is 3. The van der Waals surface area contributed by atoms with Gasteiger partial charge in [-0.1, -0.05) is 87.7 Å². The van der Waals surface area contributed by atoms with Crippen molar-refractivity contribution in [1.29, 1.82) is 0 Å². The number of aliphatic hydroxyl groups excluding tert-OH is 3. The first-order valence-corrected chi connectivity index (χ1v) is 23.2. The largest absolute Gasteiger partial charge is 0.511 e. The molecule has 2 bridgehead atoms. The molecule has 0 radical (unpaired) electrons. The van der Waals surface area contributed by atoms with E-state index in [4.69, 9.17) is 25.8 Å². The minimum Gasteiger partial charge on any atom is -0.511 e. The predicted octanol–water partition coefficient (Wildman–Crippen LogP) is 7.44. The lowest BCUT2D eigenvalue weighted by Gasteiger charge is -2.56. The van der Waals surface area contributed by atoms with Crippen molar-refractivity contribution in [1.82, 2.24) is 10.2 Å². The van der Waals surface area contributed by atoms with Gasteiger partial charge in [-0.15, -0.1) is 0 Å². The first kappa shape index (κ1) is 47.2. The molecule has 344 valence electrons. The lowest BCUT2D eigenvalue weighted by molar-refractivity contribution is -0.222. The molecule has 1 amide bonds. The third-order valence-corrected chi connectivity index (χ3v) is 15.8. The number of fused-ring (bicyclic) bond motifs is 4. The number of halogens is 1. The lowest BCUT2D eigenvalue weighted by Crippen LogP contribution is -2.60. The van der Waals surface area contributed by atoms with Gasteiger partial charge in [0.2, 0.25) is 5.78 Å². The van der Waals surface area contributed by atoms with E-state index in [1.165, 1.54) is 6.07 Å². The fourth-order valence-electron chi connectivity index (χ4n) is 12.1. The number of benzene rings is 1. The number of phenols is 1. The zero-order valence-corrected chi connectivity index (χ0v) is 38.9. The molecule has 15 atom stereocenters. The van der Waals surface area contributed by atoms with Gasteiger partial charge >= 0.3 is 5.97 Å². The third-order valence-electron chi connectivity index (χ3n) is 15.4. The molecule has 1 aromatic carbocycles. The van der Waals surface area contributed by atoms with Crippen LogP contribution in [0.1, 0.15) is 102 Å². The van der Waals surface area contributed by atoms with Crippen LogP contribution < -0.4 is 5.32 Å². The topological polar surface area (TPSA) is 175 Å². The number of ether oxygens (including phenoxy) is 3. The standard InChI is InChI=1S/C50H67ClN2O10/c1-10-13-29-16-17-31-20-25(3)38(62-39-23-35(53(8)9)43(28(6)61-39)52-47(59)40-27(5)34(51)18-19-36(40)54)15-12-14-33-30(11-2)22-32-42(26(4)21-37(55)44(32)56)49(33,7)45(57)41-46(58)50(31,24-29)63-48(41)60/h12,14,16-20,22,26,28-29,31-33,35,37-39,42-44,54-57H,10-11,13,15,21,23-24H2,1-9H3,(H,52,59)/b14-12+,25-20+,45-41-/t26-,28+,29-,31-,32-,33+,35+,37-,38-,39-,42+,43+,44+,49+,50-/m0/s1. The van der Waals surface area contributed by atoms with Gasteiger partial charge in [0.1, 0.15) is 17.1 Å². The van der Waals surface area contributed by atoms with E-state index in [0.717, 1.165) is 24.0 Å². The first-order valence-electron chi connectivity index (χ1n) is 22.9. The molecule has 2 aliphatic heterocycles. The Labute approximate surface area is 377 Å². The maximum absolute atomic E-state index is 15.2. The highest BCUT2D eigenvalue weighted by Gasteiger charge is 2.63. The van der Waals surface area contributed by atoms with Crippen molar-refractivity contribution < 1.29 is 49.0 Å². The second-order valence-electron chi connectivity index (χ2n) is 19.5. The zero-order valence-electron chi connectivity index (χ0n) is 38.1. The van der Waals surface area contributed by atoms with Crippen LogP contribution in [0, 0.1) is 47.8 Å². The predicted molar refractivity (Wildman–Crippen MR) is 240 cm³/mol. The number of aromatic hydroxyl groups is 1. The number of nitrogens with one attached hydrogen (secondary N) is 1. The summed E-state index contributed by atoms with van der Waals surface area (Å²) in [5, 5.41) is 49.3. The number of hydrogen-bond acceptors (Lipinski definition) is 11. The molecule has 1 spiro atoms. The van der Waals surface area contributed by atoms with Crippen molar-refractivity contribution in [2.75, 3.05) is 14.1 Å². The monoisotopic (exact) mass is 890 g/mol. The Bertz CT molecular complexity index is 2130. The SMILES string of the molecule is CCC[C@H]1C=C[C@H]2/C=C(\C)[C@@H](O[C@H]3C[C@@H](N(C)C)[C@H](NC(=O)c4c(O)ccc(Cl)c4C)[C@@H](C)O3)C/C=C/[C@@H]3C(CC)=C[C@@H]4[C@@H](O)[C@@H](O)C[C@H](C)[C@H]4[C@]3(C)/C(O)=C3/C(=O)O[C@]2(C1)C3=O. The molecular weight excluding hydrogens is 824 g/mol. The van der Waals surface area contributed by atoms with Crippen molar-refractivity contribution in [2.24, 2.45) is 40.9 Å². The zero-order chi connectivity index (χ0) is 45.9. The van der Waals surface area contributed by atoms with E-state index in [1.54, 1.807) is 13.0 Å². The molecule has 0 aromatic heterocycles. The summed E-state index contributed by atoms with van der Waals surface area (Å²) >= 11 is 6.34. The van der Waals surface area contributed by atoms with Gasteiger partial charge in [0, 0.05) is 47.1 Å². The number of amides is 1. The van der Waals surface area contributed by atoms with Crippen LogP contribution in [0.15, 0.2) is 71.1 Å². The maximum atomic E-state index is 15.2. The number of phenolic OH excluding ortho intramolecular Hbond substituents is 1. The van der Waals surface area contributed by atoms with Gasteiger partial charge < -0.3 is 44.9 Å². The van der Waals surface area contributed by atoms with Crippen LogP contribution >= 0.6 is 11.6 Å². The van der Waals surface area contributed by atoms with Crippen LogP contribution in [0.5, 0.6) is 5.75 Å². The van der Waals surface area contributed by atoms with Gasteiger partial charge in [-0.3, -0.25) is 9.59 Å². The molecule has 6 aliphatic rings. The minimum absolute atomic E-state index is 0.0325. The summed E-state index contributed by atoms with van der Waals surface area (Å²) < 4.78 is 19.9. The van der Waals surface area contributed by atoms with Crippen molar-refractivity contribution >= 4 is 29.3 Å². The van der Waals surface area contributed by atoms with Gasteiger partial charge in [0.05, 0.1) is 36.0 Å². The summed E-state index contributed by atoms with van der Waals surface area (Å²) in [4.78, 5) is 45.2. The maximum Gasteiger partial charge on any atom is 0.346 e. The summed E-state index contributed by atoms with van der Waals surface area (Å²) in [5.41, 5.74) is -0.832. The number of likely N-dealkylation sites (N-methyl/N-ethyl adjacent to an activating group) is 1. The first-order chi connectivity index (χ1) is 29.8. The normalized spacial score (nSPS) is 41.7. The number of nitrogens with zero attached hydrogens (tertiary/aromatic N) is 1. The number of rotatable bonds is 8. The number of carbonyl (C=O) groups is 3. The molecule has 1 saturated carbocycles. The summed E-state index contributed by atoms with van der Waals surface area (Å²) in [6, 6.07) is 2.25. The van der Waals surface area contributed by atoms with Crippen molar-refractivity contribution in [3.8, 4) is 5.75 Å². The third kappa shape index (κ3) is 8.26. The molecule has 12 nitrogen and oxygen atoms in total. The van der Waals surface area contributed by atoms with Crippen LogP contribution in [0.3, 0.4) is 0 Å². The van der Waals surface area contributed by atoms with Crippen LogP contribution in [-0.2, 0) is 23.8 Å². The van der Waals surface area contributed by atoms with Gasteiger partial charge in [-0.25, -0.2) is 4.79 Å². The number of aliphatic hydroxyl groups is 3. The number of ketones is 1. The molecule has 1 aromatic rings. The molecule has 2 saturated heterocycles. The van der Waals surface area contributed by atoms with Crippen molar-refractivity contribution in [2.45, 2.75) is 142 Å². The number of hydrogen-bond donors (Lipinski definition) is 5. The van der Waals surface area contributed by atoms with E-state index in [1.807, 2.05) is 84.0 Å². The Morgan fingerprint density at radius 2 is 1.78 bits per heavy atom. The Kier molecular flexibility index (Phi) is 13.7. The van der Waals surface area contributed by atoms with Crippen molar-refractivity contribution in [3.63, 3.8) is 0 Å². The van der Waals surface area contributed by atoms with E-state index in [0.29, 0.717) is 36.3 Å². The highest BCUT2D eigenvalue weighted by molar-refractivity contribution is 6.32. The van der Waals surface area contributed by atoms with Crippen LogP contribution in [0.25, 0.3) is 0 Å². The molecule has 7 rings (SSSR count). The molecular formula is C50H67ClN2O10. The minimum atomic E-state index is -1.59. The Morgan fingerprint density at radius 1 is 1.05 bits per heavy atom. The molecule has 13 heteroatoms. The Hall–Kier alpha value is -3.78. The number of esters is 1. The van der Waals surface area contributed by atoms with Crippen LogP contribution in [0.2, 0.25) is 5.02 Å². The van der Waals surface area contributed by atoms with Gasteiger partial charge in [0.25, 0.3) is 5.91 Å². The van der Waals surface area contributed by atoms with Crippen molar-refractivity contribution in [3.05, 3.63) is 87.2 Å². The average molecular weight is 892 g/mol. The Morgan fingerprint density at radius 3 is 2.46 bits per heavy atom. The second kappa shape index (κ2) is 18.2. The smallest absolute Gasteiger partial charge is 0.346 e. The molecule has 5 N–H and O–H groups in total. The quantitative estimate of drug-likeness (QED) is 0.0997. The highest BCUT2D eigenvalue weighted by atomic mass is 35.5. The van der Waals surface area contributed by atoms with Gasteiger partial charge in [-0.2, -0.15) is 0 Å². The van der Waals surface area contributed by atoms with E-state index in [9.17, 15) is 30.0 Å². The molecule has 2 heterocycles. The molecule has 3 fully saturated rings. The van der Waals surface area contributed by atoms with Gasteiger partial charge in [0.15, 0.2) is 11.9 Å². The van der Waals surface area contributed by atoms with E-state index < -0.39 is 89.1 Å². The number of Topliss-reactive ketones (excluding diaryl/α,β-unsaturated/α-hetero) is 1. The van der Waals surface area contributed by atoms with E-state index >= 15 is 4.79 Å². The summed E-state index contributed by atoms with van der Waals surface area (Å²) in [5.74, 6) is -4.65. The van der Waals surface area contributed by atoms with E-state index in [2.05, 4.69) is 18.3 Å². The lowest BCUT2D eigenvalue weighted by atomic mass is 9.49. The summed E-state index contributed by atoms with van der Waals surface area (Å²) in [6.45, 7) is 13.5. The highest BCUT2D eigenvalue weighted by Crippen LogP contribution is 2.60. The molecule has 63 heavy (non-hydrogen) atoms. The fraction of sp³-hybridized carbons (Fsp3) is 0.620. The molecule has 0 unspecified atom stereocenters. The van der Waals surface area contributed by atoms with Gasteiger partial charge in [-0.05, 0) is 102 Å². The van der Waals surface area contributed by atoms with E-state index in [-0.39, 0.29) is 46.9 Å². The van der Waals surface area contributed by atoms with Crippen LogP contribution in [-0.4, -0.2) is 105 Å². The summed E-state index contributed by atoms with van der Waals surface area (Å²) in [6.07, 6.45) is 11.9. The second-order valence-corrected chi connectivity index (χ2v) is 19.9. The fourth-order valence-corrected chi connectivity index (χ4v) is 12.3. The molecule has 4 aliphatic carbocycles. The van der Waals surface area contributed by atoms with Crippen LogP contribution in [0.4, 0.5) is 0 Å². The summed E-state index contributed by atoms with van der Waals surface area (Å²) in [7, 11) is 3.87. The number of allylic oxidation sites excluding steroid dienone is 4. The average Bonchev–Trinajstić information content (AvgIpc) is 3.47. The Balaban J connectivity index is 1.29.